The van der Waals surface area contributed by atoms with Crippen molar-refractivity contribution in [1.29, 1.82) is 0 Å². The van der Waals surface area contributed by atoms with Gasteiger partial charge in [0, 0.05) is 12.0 Å². The maximum atomic E-state index is 9.90. The van der Waals surface area contributed by atoms with Gasteiger partial charge >= 0.3 is 0 Å². The van der Waals surface area contributed by atoms with Gasteiger partial charge in [0.05, 0.1) is 6.61 Å². The maximum absolute atomic E-state index is 9.90. The summed E-state index contributed by atoms with van der Waals surface area (Å²) in [5, 5.41) is 9.90. The van der Waals surface area contributed by atoms with Crippen molar-refractivity contribution in [1.82, 2.24) is 0 Å². The molecule has 1 atom stereocenters. The van der Waals surface area contributed by atoms with Crippen molar-refractivity contribution >= 4 is 0 Å². The minimum absolute atomic E-state index is 0.0574. The molecule has 19 heavy (non-hydrogen) atoms. The first-order chi connectivity index (χ1) is 9.22. The van der Waals surface area contributed by atoms with E-state index in [4.69, 9.17) is 5.73 Å². The van der Waals surface area contributed by atoms with E-state index in [-0.39, 0.29) is 6.61 Å². The van der Waals surface area contributed by atoms with Gasteiger partial charge in [0.15, 0.2) is 0 Å². The van der Waals surface area contributed by atoms with Crippen molar-refractivity contribution in [2.24, 2.45) is 5.73 Å². The fourth-order valence-corrected chi connectivity index (χ4v) is 2.47. The summed E-state index contributed by atoms with van der Waals surface area (Å²) in [4.78, 5) is 0. The van der Waals surface area contributed by atoms with Crippen LogP contribution < -0.4 is 5.73 Å². The third kappa shape index (κ3) is 2.86. The Hall–Kier alpha value is -1.64. The Morgan fingerprint density at radius 2 is 1.63 bits per heavy atom. The van der Waals surface area contributed by atoms with Gasteiger partial charge in [0.25, 0.3) is 0 Å². The SMILES string of the molecule is Cc1ccccc1CC(CN)(CO)c1ccccc1. The van der Waals surface area contributed by atoms with Crippen LogP contribution in [0.3, 0.4) is 0 Å². The van der Waals surface area contributed by atoms with E-state index in [0.717, 1.165) is 12.0 Å². The predicted octanol–water partition coefficient (Wildman–Crippen LogP) is 2.43. The lowest BCUT2D eigenvalue weighted by molar-refractivity contribution is 0.196. The van der Waals surface area contributed by atoms with Gasteiger partial charge in [-0.15, -0.1) is 0 Å². The van der Waals surface area contributed by atoms with Crippen LogP contribution in [0, 0.1) is 6.92 Å². The Labute approximate surface area is 114 Å². The average molecular weight is 255 g/mol. The Bertz CT molecular complexity index is 518. The second-order valence-electron chi connectivity index (χ2n) is 5.11. The monoisotopic (exact) mass is 255 g/mol. The summed E-state index contributed by atoms with van der Waals surface area (Å²) >= 11 is 0. The minimum Gasteiger partial charge on any atom is -0.395 e. The molecule has 0 heterocycles. The molecule has 0 bridgehead atoms. The van der Waals surface area contributed by atoms with Gasteiger partial charge in [0.2, 0.25) is 0 Å². The van der Waals surface area contributed by atoms with Crippen LogP contribution in [0.4, 0.5) is 0 Å². The van der Waals surface area contributed by atoms with Crippen LogP contribution in [-0.2, 0) is 11.8 Å². The van der Waals surface area contributed by atoms with Gasteiger partial charge in [-0.1, -0.05) is 54.6 Å². The van der Waals surface area contributed by atoms with Crippen LogP contribution in [0.25, 0.3) is 0 Å². The summed E-state index contributed by atoms with van der Waals surface area (Å²) in [5.74, 6) is 0. The van der Waals surface area contributed by atoms with E-state index in [1.54, 1.807) is 0 Å². The highest BCUT2D eigenvalue weighted by molar-refractivity contribution is 5.33. The molecular formula is C17H21NO. The van der Waals surface area contributed by atoms with E-state index in [2.05, 4.69) is 19.1 Å². The molecule has 0 fully saturated rings. The first-order valence-electron chi connectivity index (χ1n) is 6.63. The quantitative estimate of drug-likeness (QED) is 0.862. The van der Waals surface area contributed by atoms with E-state index in [1.807, 2.05) is 42.5 Å². The zero-order valence-corrected chi connectivity index (χ0v) is 11.3. The second kappa shape index (κ2) is 6.00. The molecule has 2 aromatic rings. The molecule has 100 valence electrons. The molecule has 0 aromatic heterocycles. The summed E-state index contributed by atoms with van der Waals surface area (Å²) in [7, 11) is 0. The summed E-state index contributed by atoms with van der Waals surface area (Å²) in [6, 6.07) is 18.3. The van der Waals surface area contributed by atoms with Crippen LogP contribution in [0.15, 0.2) is 54.6 Å². The van der Waals surface area contributed by atoms with E-state index in [9.17, 15) is 5.11 Å². The van der Waals surface area contributed by atoms with Crippen molar-refractivity contribution in [3.8, 4) is 0 Å². The topological polar surface area (TPSA) is 46.2 Å². The number of benzene rings is 2. The minimum atomic E-state index is -0.395. The van der Waals surface area contributed by atoms with Crippen LogP contribution in [0.1, 0.15) is 16.7 Å². The van der Waals surface area contributed by atoms with E-state index >= 15 is 0 Å². The number of nitrogens with two attached hydrogens (primary N) is 1. The van der Waals surface area contributed by atoms with Gasteiger partial charge in [-0.3, -0.25) is 0 Å². The predicted molar refractivity (Wildman–Crippen MR) is 79.1 cm³/mol. The van der Waals surface area contributed by atoms with Crippen molar-refractivity contribution in [2.45, 2.75) is 18.8 Å². The van der Waals surface area contributed by atoms with Gasteiger partial charge in [0.1, 0.15) is 0 Å². The van der Waals surface area contributed by atoms with Crippen molar-refractivity contribution in [3.63, 3.8) is 0 Å². The molecule has 0 aliphatic carbocycles. The molecule has 0 aliphatic heterocycles. The molecule has 0 spiro atoms. The third-order valence-electron chi connectivity index (χ3n) is 3.87. The Morgan fingerprint density at radius 1 is 1.00 bits per heavy atom. The lowest BCUT2D eigenvalue weighted by Crippen LogP contribution is -2.41. The highest BCUT2D eigenvalue weighted by Gasteiger charge is 2.30. The highest BCUT2D eigenvalue weighted by atomic mass is 16.3. The average Bonchev–Trinajstić information content (AvgIpc) is 2.48. The molecule has 2 nitrogen and oxygen atoms in total. The number of aliphatic hydroxyl groups is 1. The van der Waals surface area contributed by atoms with E-state index in [0.29, 0.717) is 6.54 Å². The van der Waals surface area contributed by atoms with Gasteiger partial charge in [-0.25, -0.2) is 0 Å². The Kier molecular flexibility index (Phi) is 4.35. The molecule has 0 radical (unpaired) electrons. The van der Waals surface area contributed by atoms with Crippen LogP contribution in [0.2, 0.25) is 0 Å². The highest BCUT2D eigenvalue weighted by Crippen LogP contribution is 2.28. The smallest absolute Gasteiger partial charge is 0.0543 e. The van der Waals surface area contributed by atoms with Crippen molar-refractivity contribution < 1.29 is 5.11 Å². The van der Waals surface area contributed by atoms with Gasteiger partial charge in [-0.05, 0) is 30.0 Å². The fraction of sp³-hybridized carbons (Fsp3) is 0.294. The zero-order chi connectivity index (χ0) is 13.7. The zero-order valence-electron chi connectivity index (χ0n) is 11.3. The van der Waals surface area contributed by atoms with Gasteiger partial charge in [-0.2, -0.15) is 0 Å². The summed E-state index contributed by atoms with van der Waals surface area (Å²) < 4.78 is 0. The number of rotatable bonds is 5. The lowest BCUT2D eigenvalue weighted by atomic mass is 9.75. The lowest BCUT2D eigenvalue weighted by Gasteiger charge is -2.32. The summed E-state index contributed by atoms with van der Waals surface area (Å²) in [5.41, 5.74) is 9.17. The molecule has 1 unspecified atom stereocenters. The standard InChI is InChI=1S/C17H21NO/c1-14-7-5-6-8-15(14)11-17(12-18,13-19)16-9-3-2-4-10-16/h2-10,19H,11-13,18H2,1H3. The van der Waals surface area contributed by atoms with Crippen molar-refractivity contribution in [2.75, 3.05) is 13.2 Å². The Balaban J connectivity index is 2.38. The number of hydrogen-bond acceptors (Lipinski definition) is 2. The molecule has 0 saturated heterocycles. The largest absolute Gasteiger partial charge is 0.395 e. The molecular weight excluding hydrogens is 234 g/mol. The number of aryl methyl sites for hydroxylation is 1. The number of aliphatic hydroxyl groups excluding tert-OH is 1. The van der Waals surface area contributed by atoms with E-state index in [1.165, 1.54) is 11.1 Å². The number of hydrogen-bond donors (Lipinski definition) is 2. The Morgan fingerprint density at radius 3 is 2.21 bits per heavy atom. The maximum Gasteiger partial charge on any atom is 0.0543 e. The molecule has 2 aromatic carbocycles. The molecule has 0 saturated carbocycles. The van der Waals surface area contributed by atoms with Gasteiger partial charge < -0.3 is 10.8 Å². The summed E-state index contributed by atoms with van der Waals surface area (Å²) in [6.45, 7) is 2.59. The molecule has 2 heteroatoms. The molecule has 2 rings (SSSR count). The molecule has 3 N–H and O–H groups in total. The van der Waals surface area contributed by atoms with E-state index < -0.39 is 5.41 Å². The van der Waals surface area contributed by atoms with Crippen LogP contribution >= 0.6 is 0 Å². The normalized spacial score (nSPS) is 14.1. The molecule has 0 aliphatic rings. The second-order valence-corrected chi connectivity index (χ2v) is 5.11. The first kappa shape index (κ1) is 13.8. The van der Waals surface area contributed by atoms with Crippen LogP contribution in [-0.4, -0.2) is 18.3 Å². The van der Waals surface area contributed by atoms with Crippen LogP contribution in [0.5, 0.6) is 0 Å². The fourth-order valence-electron chi connectivity index (χ4n) is 2.47. The third-order valence-corrected chi connectivity index (χ3v) is 3.87. The summed E-state index contributed by atoms with van der Waals surface area (Å²) in [6.07, 6.45) is 0.761. The molecule has 0 amide bonds. The van der Waals surface area contributed by atoms with Crippen molar-refractivity contribution in [3.05, 3.63) is 71.3 Å². The first-order valence-corrected chi connectivity index (χ1v) is 6.63.